The number of rotatable bonds is 1. The summed E-state index contributed by atoms with van der Waals surface area (Å²) in [6, 6.07) is 12.9. The van der Waals surface area contributed by atoms with E-state index in [4.69, 9.17) is 0 Å². The Balaban J connectivity index is 2.27. The van der Waals surface area contributed by atoms with Gasteiger partial charge in [-0.05, 0) is 0 Å². The number of nitrogens with zero attached hydrogens (tertiary/aromatic N) is 1. The summed E-state index contributed by atoms with van der Waals surface area (Å²) in [6.07, 6.45) is 2.30. The van der Waals surface area contributed by atoms with Crippen LogP contribution < -0.4 is 0 Å². The zero-order chi connectivity index (χ0) is 12.0. The van der Waals surface area contributed by atoms with E-state index in [2.05, 4.69) is 60.9 Å². The van der Waals surface area contributed by atoms with Crippen molar-refractivity contribution in [3.8, 4) is 5.69 Å². The Morgan fingerprint density at radius 2 is 1.76 bits per heavy atom. The molecule has 1 nitrogen and oxygen atoms in total. The van der Waals surface area contributed by atoms with Crippen molar-refractivity contribution in [1.29, 1.82) is 0 Å². The number of hydrogen-bond acceptors (Lipinski definition) is 0. The fraction of sp³-hybridized carbons (Fsp3) is 0.133. The van der Waals surface area contributed by atoms with Gasteiger partial charge in [0.15, 0.2) is 0 Å². The predicted molar refractivity (Wildman–Crippen MR) is 68.3 cm³/mol. The molecule has 2 heteroatoms. The zero-order valence-electron chi connectivity index (χ0n) is 9.99. The summed E-state index contributed by atoms with van der Waals surface area (Å²) in [5, 5.41) is 0. The molecule has 1 heterocycles. The van der Waals surface area contributed by atoms with E-state index in [0.717, 1.165) is 0 Å². The third-order valence-corrected chi connectivity index (χ3v) is 4.89. The first-order chi connectivity index (χ1) is 8.18. The Morgan fingerprint density at radius 1 is 1.06 bits per heavy atom. The number of allylic oxidation sites excluding steroid dienone is 1. The van der Waals surface area contributed by atoms with Gasteiger partial charge in [0, 0.05) is 0 Å². The molecule has 1 aliphatic rings. The fourth-order valence-corrected chi connectivity index (χ4v) is 3.08. The van der Waals surface area contributed by atoms with Gasteiger partial charge in [0.1, 0.15) is 0 Å². The predicted octanol–water partition coefficient (Wildman–Crippen LogP) is 3.27. The molecule has 3 rings (SSSR count). The molecule has 0 saturated heterocycles. The molecule has 0 atom stereocenters. The molecule has 1 aromatic heterocycles. The number of aryl methyl sites for hydroxylation is 1. The number of fused-ring (bicyclic) bond motifs is 1. The Kier molecular flexibility index (Phi) is 2.63. The van der Waals surface area contributed by atoms with Gasteiger partial charge in [-0.15, -0.1) is 0 Å². The number of para-hydroxylation sites is 1. The summed E-state index contributed by atoms with van der Waals surface area (Å²) in [7, 11) is 0. The standard InChI is InChI=1S/C15H13N.Zr/c1-11-8-13-10-12(2)16(15(13)9-11)14-6-4-3-5-7-14;/h3-7,9-10H,1-2H3;/q;+2. The zero-order valence-corrected chi connectivity index (χ0v) is 12.4. The van der Waals surface area contributed by atoms with Gasteiger partial charge in [-0.25, -0.2) is 0 Å². The van der Waals surface area contributed by atoms with Gasteiger partial charge in [-0.2, -0.15) is 0 Å². The maximum atomic E-state index is 2.34. The van der Waals surface area contributed by atoms with E-state index < -0.39 is 0 Å². The van der Waals surface area contributed by atoms with Gasteiger partial charge in [-0.3, -0.25) is 0 Å². The SMILES string of the molecule is CC1=Cc2c(cc(C)n2-c2ccccc2)[C]1=[Zr+2]. The Bertz CT molecular complexity index is 632. The first-order valence-electron chi connectivity index (χ1n) is 5.74. The molecule has 2 aromatic rings. The van der Waals surface area contributed by atoms with E-state index in [1.165, 1.54) is 55.7 Å². The van der Waals surface area contributed by atoms with E-state index in [1.807, 2.05) is 0 Å². The Labute approximate surface area is 116 Å². The summed E-state index contributed by atoms with van der Waals surface area (Å²) in [4.78, 5) is 0. The second-order valence-electron chi connectivity index (χ2n) is 4.46. The van der Waals surface area contributed by atoms with Crippen molar-refractivity contribution in [2.24, 2.45) is 0 Å². The van der Waals surface area contributed by atoms with Crippen LogP contribution in [0.3, 0.4) is 0 Å². The van der Waals surface area contributed by atoms with E-state index in [-0.39, 0.29) is 0 Å². The van der Waals surface area contributed by atoms with Crippen LogP contribution in [0.5, 0.6) is 0 Å². The molecule has 0 saturated carbocycles. The molecule has 1 aliphatic carbocycles. The van der Waals surface area contributed by atoms with Crippen molar-refractivity contribution >= 4 is 9.28 Å². The molecule has 0 unspecified atom stereocenters. The molecule has 0 N–H and O–H groups in total. The van der Waals surface area contributed by atoms with Crippen molar-refractivity contribution < 1.29 is 24.2 Å². The van der Waals surface area contributed by atoms with Gasteiger partial charge in [0.25, 0.3) is 0 Å². The number of benzene rings is 1. The summed E-state index contributed by atoms with van der Waals surface area (Å²) < 4.78 is 3.83. The normalized spacial score (nSPS) is 13.9. The Hall–Kier alpha value is -1.01. The summed E-state index contributed by atoms with van der Waals surface area (Å²) in [6.45, 7) is 4.38. The van der Waals surface area contributed by atoms with Crippen LogP contribution in [0, 0.1) is 6.92 Å². The molecule has 0 bridgehead atoms. The van der Waals surface area contributed by atoms with Gasteiger partial charge >= 0.3 is 117 Å². The van der Waals surface area contributed by atoms with Crippen molar-refractivity contribution in [1.82, 2.24) is 4.57 Å². The van der Waals surface area contributed by atoms with E-state index in [0.29, 0.717) is 0 Å². The molecule has 0 fully saturated rings. The summed E-state index contributed by atoms with van der Waals surface area (Å²) in [5.74, 6) is 0. The van der Waals surface area contributed by atoms with Crippen LogP contribution >= 0.6 is 0 Å². The second-order valence-corrected chi connectivity index (χ2v) is 5.69. The van der Waals surface area contributed by atoms with Crippen LogP contribution in [0.4, 0.5) is 0 Å². The third-order valence-electron chi connectivity index (χ3n) is 3.25. The molecule has 17 heavy (non-hydrogen) atoms. The van der Waals surface area contributed by atoms with Crippen LogP contribution in [-0.4, -0.2) is 7.77 Å². The van der Waals surface area contributed by atoms with Crippen LogP contribution in [0.2, 0.25) is 0 Å². The molecule has 0 spiro atoms. The van der Waals surface area contributed by atoms with Crippen molar-refractivity contribution in [2.75, 3.05) is 0 Å². The van der Waals surface area contributed by atoms with E-state index in [1.54, 1.807) is 0 Å². The van der Waals surface area contributed by atoms with Gasteiger partial charge in [-0.1, -0.05) is 0 Å². The van der Waals surface area contributed by atoms with Gasteiger partial charge < -0.3 is 0 Å². The Morgan fingerprint density at radius 3 is 2.47 bits per heavy atom. The van der Waals surface area contributed by atoms with Crippen LogP contribution in [-0.2, 0) is 24.2 Å². The second kappa shape index (κ2) is 4.03. The summed E-state index contributed by atoms with van der Waals surface area (Å²) >= 11 is 1.50. The monoisotopic (exact) mass is 297 g/mol. The molecular formula is C15H13NZr+2. The molecule has 0 radical (unpaired) electrons. The average Bonchev–Trinajstić information content (AvgIpc) is 2.78. The van der Waals surface area contributed by atoms with Crippen molar-refractivity contribution in [3.05, 3.63) is 58.9 Å². The fourth-order valence-electron chi connectivity index (χ4n) is 2.41. The van der Waals surface area contributed by atoms with E-state index in [9.17, 15) is 0 Å². The molecule has 80 valence electrons. The van der Waals surface area contributed by atoms with Gasteiger partial charge in [0.05, 0.1) is 0 Å². The van der Waals surface area contributed by atoms with Crippen LogP contribution in [0.1, 0.15) is 23.9 Å². The van der Waals surface area contributed by atoms with Gasteiger partial charge in [0.2, 0.25) is 0 Å². The molecular weight excluding hydrogens is 285 g/mol. The molecule has 0 amide bonds. The third kappa shape index (κ3) is 1.66. The minimum atomic E-state index is 1.25. The number of aromatic nitrogens is 1. The molecule has 1 aromatic carbocycles. The van der Waals surface area contributed by atoms with E-state index >= 15 is 0 Å². The maximum absolute atomic E-state index is 2.34. The first-order valence-corrected chi connectivity index (χ1v) is 6.97. The topological polar surface area (TPSA) is 4.93 Å². The quantitative estimate of drug-likeness (QED) is 0.761. The minimum absolute atomic E-state index is 1.25. The van der Waals surface area contributed by atoms with Crippen LogP contribution in [0.25, 0.3) is 11.8 Å². The first kappa shape index (κ1) is 11.1. The number of hydrogen-bond donors (Lipinski definition) is 0. The van der Waals surface area contributed by atoms with Crippen LogP contribution in [0.15, 0.2) is 42.0 Å². The average molecular weight is 298 g/mol. The van der Waals surface area contributed by atoms with Crippen molar-refractivity contribution in [2.45, 2.75) is 13.8 Å². The summed E-state index contributed by atoms with van der Waals surface area (Å²) in [5.41, 5.74) is 6.74. The van der Waals surface area contributed by atoms with Crippen molar-refractivity contribution in [3.63, 3.8) is 0 Å². The molecule has 0 aliphatic heterocycles.